The molecule has 0 radical (unpaired) electrons. The van der Waals surface area contributed by atoms with Gasteiger partial charge < -0.3 is 21.1 Å². The van der Waals surface area contributed by atoms with Crippen LogP contribution in [-0.4, -0.2) is 43.2 Å². The third-order valence-electron chi connectivity index (χ3n) is 1.79. The van der Waals surface area contributed by atoms with Crippen LogP contribution in [-0.2, 0) is 9.59 Å². The standard InChI is InChI=1S/C9H17N3O4/c1-10-7(13)6-12-9(16)11-5-3-2-4-8(14)15/h2-6H2,1H3,(H,10,13)(H,14,15)(H2,11,12,16). The fraction of sp³-hybridized carbons (Fsp3) is 0.667. The van der Waals surface area contributed by atoms with Crippen molar-refractivity contribution in [2.45, 2.75) is 19.3 Å². The number of carboxylic acids is 1. The Morgan fingerprint density at radius 3 is 2.38 bits per heavy atom. The predicted octanol–water partition coefficient (Wildman–Crippen LogP) is -0.713. The molecule has 0 heterocycles. The monoisotopic (exact) mass is 231 g/mol. The van der Waals surface area contributed by atoms with Crippen LogP contribution in [0.25, 0.3) is 0 Å². The molecule has 0 saturated carbocycles. The van der Waals surface area contributed by atoms with E-state index in [1.807, 2.05) is 0 Å². The molecule has 0 aromatic carbocycles. The minimum Gasteiger partial charge on any atom is -0.481 e. The summed E-state index contributed by atoms with van der Waals surface area (Å²) in [6.45, 7) is 0.324. The second-order valence-electron chi connectivity index (χ2n) is 3.13. The van der Waals surface area contributed by atoms with Gasteiger partial charge in [-0.05, 0) is 12.8 Å². The number of hydrogen-bond donors (Lipinski definition) is 4. The van der Waals surface area contributed by atoms with Gasteiger partial charge in [0.15, 0.2) is 0 Å². The molecular weight excluding hydrogens is 214 g/mol. The second kappa shape index (κ2) is 8.51. The SMILES string of the molecule is CNC(=O)CNC(=O)NCCCCC(=O)O. The Balaban J connectivity index is 3.37. The van der Waals surface area contributed by atoms with Crippen LogP contribution >= 0.6 is 0 Å². The number of aliphatic carboxylic acids is 1. The molecule has 0 spiro atoms. The molecule has 0 fully saturated rings. The quantitative estimate of drug-likeness (QED) is 0.434. The van der Waals surface area contributed by atoms with Crippen molar-refractivity contribution in [1.29, 1.82) is 0 Å². The van der Waals surface area contributed by atoms with E-state index in [0.29, 0.717) is 19.4 Å². The second-order valence-corrected chi connectivity index (χ2v) is 3.13. The van der Waals surface area contributed by atoms with Gasteiger partial charge in [0.25, 0.3) is 0 Å². The lowest BCUT2D eigenvalue weighted by atomic mass is 10.2. The smallest absolute Gasteiger partial charge is 0.315 e. The Kier molecular flexibility index (Phi) is 7.56. The molecule has 7 nitrogen and oxygen atoms in total. The summed E-state index contributed by atoms with van der Waals surface area (Å²) in [6.07, 6.45) is 1.21. The van der Waals surface area contributed by atoms with Crippen molar-refractivity contribution in [2.75, 3.05) is 20.1 Å². The molecule has 0 unspecified atom stereocenters. The lowest BCUT2D eigenvalue weighted by Gasteiger charge is -2.06. The number of unbranched alkanes of at least 4 members (excludes halogenated alkanes) is 1. The van der Waals surface area contributed by atoms with Gasteiger partial charge in [-0.3, -0.25) is 9.59 Å². The first-order valence-electron chi connectivity index (χ1n) is 5.00. The van der Waals surface area contributed by atoms with Crippen molar-refractivity contribution in [2.24, 2.45) is 0 Å². The number of carbonyl (C=O) groups excluding carboxylic acids is 2. The number of nitrogens with one attached hydrogen (secondary N) is 3. The predicted molar refractivity (Wildman–Crippen MR) is 57.0 cm³/mol. The van der Waals surface area contributed by atoms with Crippen LogP contribution in [0.2, 0.25) is 0 Å². The van der Waals surface area contributed by atoms with E-state index in [9.17, 15) is 14.4 Å². The highest BCUT2D eigenvalue weighted by atomic mass is 16.4. The average Bonchev–Trinajstić information content (AvgIpc) is 2.24. The van der Waals surface area contributed by atoms with Crippen molar-refractivity contribution in [3.05, 3.63) is 0 Å². The van der Waals surface area contributed by atoms with Crippen molar-refractivity contribution in [3.63, 3.8) is 0 Å². The molecule has 0 atom stereocenters. The van der Waals surface area contributed by atoms with E-state index in [2.05, 4.69) is 16.0 Å². The lowest BCUT2D eigenvalue weighted by Crippen LogP contribution is -2.41. The molecule has 4 N–H and O–H groups in total. The largest absolute Gasteiger partial charge is 0.481 e. The van der Waals surface area contributed by atoms with Gasteiger partial charge in [0, 0.05) is 20.0 Å². The van der Waals surface area contributed by atoms with Gasteiger partial charge in [0.05, 0.1) is 6.54 Å². The maximum Gasteiger partial charge on any atom is 0.315 e. The first-order chi connectivity index (χ1) is 7.56. The van der Waals surface area contributed by atoms with Crippen LogP contribution < -0.4 is 16.0 Å². The fourth-order valence-electron chi connectivity index (χ4n) is 0.915. The third kappa shape index (κ3) is 8.79. The molecule has 7 heteroatoms. The summed E-state index contributed by atoms with van der Waals surface area (Å²) in [4.78, 5) is 32.0. The van der Waals surface area contributed by atoms with Crippen molar-refractivity contribution in [1.82, 2.24) is 16.0 Å². The number of hydrogen-bond acceptors (Lipinski definition) is 3. The van der Waals surface area contributed by atoms with E-state index >= 15 is 0 Å². The molecule has 0 aliphatic heterocycles. The summed E-state index contributed by atoms with van der Waals surface area (Å²) >= 11 is 0. The van der Waals surface area contributed by atoms with Gasteiger partial charge >= 0.3 is 12.0 Å². The molecule has 0 aliphatic carbocycles. The summed E-state index contributed by atoms with van der Waals surface area (Å²) in [5, 5.41) is 15.6. The summed E-state index contributed by atoms with van der Waals surface area (Å²) in [7, 11) is 1.48. The Bertz CT molecular complexity index is 255. The lowest BCUT2D eigenvalue weighted by molar-refractivity contribution is -0.137. The highest BCUT2D eigenvalue weighted by Gasteiger charge is 2.02. The number of carboxylic acid groups (broad SMARTS) is 1. The van der Waals surface area contributed by atoms with Gasteiger partial charge in [-0.15, -0.1) is 0 Å². The van der Waals surface area contributed by atoms with E-state index in [1.54, 1.807) is 0 Å². The zero-order valence-corrected chi connectivity index (χ0v) is 9.21. The van der Waals surface area contributed by atoms with E-state index < -0.39 is 12.0 Å². The minimum absolute atomic E-state index is 0.0720. The highest BCUT2D eigenvalue weighted by Crippen LogP contribution is 1.92. The Morgan fingerprint density at radius 2 is 1.81 bits per heavy atom. The van der Waals surface area contributed by atoms with Crippen LogP contribution in [0.4, 0.5) is 4.79 Å². The van der Waals surface area contributed by atoms with Crippen LogP contribution in [0, 0.1) is 0 Å². The molecule has 0 aromatic heterocycles. The summed E-state index contributed by atoms with van der Waals surface area (Å²) < 4.78 is 0. The maximum atomic E-state index is 11.0. The van der Waals surface area contributed by atoms with Crippen LogP contribution in [0.5, 0.6) is 0 Å². The zero-order chi connectivity index (χ0) is 12.4. The first kappa shape index (κ1) is 14.2. The molecule has 92 valence electrons. The molecule has 0 bridgehead atoms. The van der Waals surface area contributed by atoms with E-state index in [4.69, 9.17) is 5.11 Å². The van der Waals surface area contributed by atoms with E-state index in [-0.39, 0.29) is 18.9 Å². The molecule has 3 amide bonds. The number of carbonyl (C=O) groups is 3. The van der Waals surface area contributed by atoms with Crippen molar-refractivity contribution < 1.29 is 19.5 Å². The molecular formula is C9H17N3O4. The Morgan fingerprint density at radius 1 is 1.12 bits per heavy atom. The van der Waals surface area contributed by atoms with Gasteiger partial charge in [-0.1, -0.05) is 0 Å². The number of urea groups is 1. The van der Waals surface area contributed by atoms with Gasteiger partial charge in [0.1, 0.15) is 0 Å². The van der Waals surface area contributed by atoms with Gasteiger partial charge in [0.2, 0.25) is 5.91 Å². The van der Waals surface area contributed by atoms with E-state index in [1.165, 1.54) is 7.05 Å². The van der Waals surface area contributed by atoms with Crippen LogP contribution in [0.1, 0.15) is 19.3 Å². The van der Waals surface area contributed by atoms with Gasteiger partial charge in [-0.2, -0.15) is 0 Å². The fourth-order valence-corrected chi connectivity index (χ4v) is 0.915. The zero-order valence-electron chi connectivity index (χ0n) is 9.21. The normalized spacial score (nSPS) is 9.31. The Labute approximate surface area is 93.6 Å². The summed E-state index contributed by atoms with van der Waals surface area (Å²) in [6, 6.07) is -0.432. The van der Waals surface area contributed by atoms with Crippen molar-refractivity contribution in [3.8, 4) is 0 Å². The molecule has 0 aromatic rings. The van der Waals surface area contributed by atoms with Gasteiger partial charge in [-0.25, -0.2) is 4.79 Å². The summed E-state index contributed by atoms with van der Waals surface area (Å²) in [5.41, 5.74) is 0. The Hall–Kier alpha value is -1.79. The van der Waals surface area contributed by atoms with E-state index in [0.717, 1.165) is 0 Å². The maximum absolute atomic E-state index is 11.0. The molecule has 0 aliphatic rings. The molecule has 0 saturated heterocycles. The molecule has 0 rings (SSSR count). The average molecular weight is 231 g/mol. The minimum atomic E-state index is -0.843. The number of rotatable bonds is 7. The van der Waals surface area contributed by atoms with Crippen molar-refractivity contribution >= 4 is 17.9 Å². The first-order valence-corrected chi connectivity index (χ1v) is 5.00. The number of likely N-dealkylation sites (N-methyl/N-ethyl adjacent to an activating group) is 1. The van der Waals surface area contributed by atoms with Crippen LogP contribution in [0.15, 0.2) is 0 Å². The number of amides is 3. The third-order valence-corrected chi connectivity index (χ3v) is 1.79. The topological polar surface area (TPSA) is 108 Å². The highest BCUT2D eigenvalue weighted by molar-refractivity contribution is 5.83. The van der Waals surface area contributed by atoms with Crippen LogP contribution in [0.3, 0.4) is 0 Å². The summed E-state index contributed by atoms with van der Waals surface area (Å²) in [5.74, 6) is -1.12. The molecule has 16 heavy (non-hydrogen) atoms.